The van der Waals surface area contributed by atoms with Crippen molar-refractivity contribution in [1.29, 1.82) is 0 Å². The SMILES string of the molecule is O=C(O)c1ccc(NCCc2ncno2)c2ccccc12. The zero-order valence-electron chi connectivity index (χ0n) is 11.1. The fourth-order valence-corrected chi connectivity index (χ4v) is 2.25. The van der Waals surface area contributed by atoms with Crippen molar-refractivity contribution in [3.05, 3.63) is 54.2 Å². The molecule has 21 heavy (non-hydrogen) atoms. The minimum atomic E-state index is -0.927. The molecule has 0 bridgehead atoms. The Hall–Kier alpha value is -2.89. The Kier molecular flexibility index (Phi) is 3.51. The van der Waals surface area contributed by atoms with Crippen molar-refractivity contribution in [3.8, 4) is 0 Å². The number of carboxylic acids is 1. The monoisotopic (exact) mass is 283 g/mol. The number of rotatable bonds is 5. The van der Waals surface area contributed by atoms with Crippen LogP contribution in [-0.2, 0) is 6.42 Å². The minimum absolute atomic E-state index is 0.299. The number of aromatic nitrogens is 2. The summed E-state index contributed by atoms with van der Waals surface area (Å²) in [6.45, 7) is 0.624. The summed E-state index contributed by atoms with van der Waals surface area (Å²) in [6.07, 6.45) is 1.97. The standard InChI is InChI=1S/C15H13N3O3/c19-15(20)12-5-6-13(11-4-2-1-3-10(11)12)16-8-7-14-17-9-18-21-14/h1-6,9,16H,7-8H2,(H,19,20). The Morgan fingerprint density at radius 2 is 2.00 bits per heavy atom. The van der Waals surface area contributed by atoms with Crippen LogP contribution in [0.2, 0.25) is 0 Å². The van der Waals surface area contributed by atoms with Gasteiger partial charge in [-0.25, -0.2) is 4.79 Å². The highest BCUT2D eigenvalue weighted by molar-refractivity contribution is 6.07. The molecule has 0 unspecified atom stereocenters. The van der Waals surface area contributed by atoms with Crippen LogP contribution in [0.25, 0.3) is 10.8 Å². The zero-order chi connectivity index (χ0) is 14.7. The molecule has 0 saturated heterocycles. The summed E-state index contributed by atoms with van der Waals surface area (Å²) < 4.78 is 4.93. The number of hydrogen-bond acceptors (Lipinski definition) is 5. The maximum absolute atomic E-state index is 11.2. The minimum Gasteiger partial charge on any atom is -0.478 e. The van der Waals surface area contributed by atoms with Gasteiger partial charge in [0.2, 0.25) is 5.89 Å². The second kappa shape index (κ2) is 5.62. The summed E-state index contributed by atoms with van der Waals surface area (Å²) in [7, 11) is 0. The van der Waals surface area contributed by atoms with E-state index in [0.29, 0.717) is 29.8 Å². The number of nitrogens with one attached hydrogen (secondary N) is 1. The Labute approximate surface area is 120 Å². The lowest BCUT2D eigenvalue weighted by Gasteiger charge is -2.10. The molecule has 0 aliphatic rings. The number of hydrogen-bond donors (Lipinski definition) is 2. The Morgan fingerprint density at radius 1 is 1.19 bits per heavy atom. The van der Waals surface area contributed by atoms with Crippen LogP contribution in [0.3, 0.4) is 0 Å². The Bertz CT molecular complexity index is 769. The Morgan fingerprint density at radius 3 is 2.71 bits per heavy atom. The highest BCUT2D eigenvalue weighted by atomic mass is 16.5. The molecule has 0 aliphatic heterocycles. The van der Waals surface area contributed by atoms with Crippen LogP contribution in [0.1, 0.15) is 16.2 Å². The van der Waals surface area contributed by atoms with Crippen molar-refractivity contribution in [2.75, 3.05) is 11.9 Å². The smallest absolute Gasteiger partial charge is 0.336 e. The Balaban J connectivity index is 1.85. The van der Waals surface area contributed by atoms with Gasteiger partial charge in [0.15, 0.2) is 6.33 Å². The first-order chi connectivity index (χ1) is 10.3. The molecule has 0 aliphatic carbocycles. The number of benzene rings is 2. The normalized spacial score (nSPS) is 10.7. The lowest BCUT2D eigenvalue weighted by Crippen LogP contribution is -2.06. The van der Waals surface area contributed by atoms with E-state index in [9.17, 15) is 9.90 Å². The molecule has 0 atom stereocenters. The second-order valence-electron chi connectivity index (χ2n) is 4.52. The van der Waals surface area contributed by atoms with E-state index in [-0.39, 0.29) is 0 Å². The van der Waals surface area contributed by atoms with Gasteiger partial charge in [0.1, 0.15) is 0 Å². The van der Waals surface area contributed by atoms with Crippen LogP contribution in [0, 0.1) is 0 Å². The second-order valence-corrected chi connectivity index (χ2v) is 4.52. The topological polar surface area (TPSA) is 88.2 Å². The molecule has 6 nitrogen and oxygen atoms in total. The lowest BCUT2D eigenvalue weighted by atomic mass is 10.0. The molecule has 106 valence electrons. The molecule has 0 amide bonds. The molecule has 0 fully saturated rings. The number of carboxylic acid groups (broad SMARTS) is 1. The van der Waals surface area contributed by atoms with Crippen LogP contribution >= 0.6 is 0 Å². The molecule has 0 saturated carbocycles. The van der Waals surface area contributed by atoms with Gasteiger partial charge in [0, 0.05) is 24.0 Å². The van der Waals surface area contributed by atoms with Gasteiger partial charge in [0.25, 0.3) is 0 Å². The van der Waals surface area contributed by atoms with E-state index in [4.69, 9.17) is 4.52 Å². The van der Waals surface area contributed by atoms with Crippen molar-refractivity contribution in [2.45, 2.75) is 6.42 Å². The van der Waals surface area contributed by atoms with E-state index in [2.05, 4.69) is 15.5 Å². The van der Waals surface area contributed by atoms with Crippen LogP contribution in [-0.4, -0.2) is 27.8 Å². The van der Waals surface area contributed by atoms with E-state index in [1.165, 1.54) is 6.33 Å². The van der Waals surface area contributed by atoms with E-state index in [0.717, 1.165) is 11.1 Å². The van der Waals surface area contributed by atoms with Crippen molar-refractivity contribution in [3.63, 3.8) is 0 Å². The molecule has 6 heteroatoms. The van der Waals surface area contributed by atoms with Crippen molar-refractivity contribution < 1.29 is 14.4 Å². The molecule has 3 aromatic rings. The third-order valence-electron chi connectivity index (χ3n) is 3.22. The zero-order valence-corrected chi connectivity index (χ0v) is 11.1. The number of carbonyl (C=O) groups is 1. The molecular formula is C15H13N3O3. The maximum Gasteiger partial charge on any atom is 0.336 e. The van der Waals surface area contributed by atoms with E-state index in [1.807, 2.05) is 24.3 Å². The predicted octanol–water partition coefficient (Wildman–Crippen LogP) is 2.58. The van der Waals surface area contributed by atoms with Gasteiger partial charge in [-0.1, -0.05) is 29.4 Å². The number of aromatic carboxylic acids is 1. The maximum atomic E-state index is 11.2. The highest BCUT2D eigenvalue weighted by Gasteiger charge is 2.10. The third-order valence-corrected chi connectivity index (χ3v) is 3.22. The quantitative estimate of drug-likeness (QED) is 0.748. The van der Waals surface area contributed by atoms with Gasteiger partial charge in [0.05, 0.1) is 5.56 Å². The van der Waals surface area contributed by atoms with Gasteiger partial charge in [-0.2, -0.15) is 4.98 Å². The first-order valence-corrected chi connectivity index (χ1v) is 6.50. The average molecular weight is 283 g/mol. The largest absolute Gasteiger partial charge is 0.478 e. The molecule has 1 heterocycles. The van der Waals surface area contributed by atoms with Crippen LogP contribution in [0.15, 0.2) is 47.2 Å². The number of fused-ring (bicyclic) bond motifs is 1. The first kappa shape index (κ1) is 13.1. The molecule has 1 aromatic heterocycles. The third kappa shape index (κ3) is 2.69. The molecule has 2 aromatic carbocycles. The lowest BCUT2D eigenvalue weighted by molar-refractivity contribution is 0.0699. The van der Waals surface area contributed by atoms with Crippen molar-refractivity contribution >= 4 is 22.4 Å². The summed E-state index contributed by atoms with van der Waals surface area (Å²) in [5, 5.41) is 17.6. The summed E-state index contributed by atoms with van der Waals surface area (Å²) in [5.74, 6) is -0.363. The fourth-order valence-electron chi connectivity index (χ4n) is 2.25. The van der Waals surface area contributed by atoms with Gasteiger partial charge in [-0.3, -0.25) is 0 Å². The van der Waals surface area contributed by atoms with Gasteiger partial charge < -0.3 is 14.9 Å². The van der Waals surface area contributed by atoms with E-state index in [1.54, 1.807) is 12.1 Å². The molecular weight excluding hydrogens is 270 g/mol. The summed E-state index contributed by atoms with van der Waals surface area (Å²) >= 11 is 0. The molecule has 3 rings (SSSR count). The van der Waals surface area contributed by atoms with Crippen LogP contribution in [0.5, 0.6) is 0 Å². The predicted molar refractivity (Wildman–Crippen MR) is 77.4 cm³/mol. The molecule has 0 radical (unpaired) electrons. The summed E-state index contributed by atoms with van der Waals surface area (Å²) in [4.78, 5) is 15.2. The molecule has 2 N–H and O–H groups in total. The van der Waals surface area contributed by atoms with E-state index >= 15 is 0 Å². The van der Waals surface area contributed by atoms with Crippen LogP contribution in [0.4, 0.5) is 5.69 Å². The van der Waals surface area contributed by atoms with Gasteiger partial charge in [-0.05, 0) is 17.5 Å². The van der Waals surface area contributed by atoms with Gasteiger partial charge >= 0.3 is 5.97 Å². The summed E-state index contributed by atoms with van der Waals surface area (Å²) in [5.41, 5.74) is 1.18. The number of anilines is 1. The summed E-state index contributed by atoms with van der Waals surface area (Å²) in [6, 6.07) is 10.8. The van der Waals surface area contributed by atoms with Crippen molar-refractivity contribution in [1.82, 2.24) is 10.1 Å². The van der Waals surface area contributed by atoms with Crippen LogP contribution < -0.4 is 5.32 Å². The fraction of sp³-hybridized carbons (Fsp3) is 0.133. The van der Waals surface area contributed by atoms with Gasteiger partial charge in [-0.15, -0.1) is 0 Å². The highest BCUT2D eigenvalue weighted by Crippen LogP contribution is 2.26. The number of nitrogens with zero attached hydrogens (tertiary/aromatic N) is 2. The first-order valence-electron chi connectivity index (χ1n) is 6.50. The van der Waals surface area contributed by atoms with E-state index < -0.39 is 5.97 Å². The molecule has 0 spiro atoms. The van der Waals surface area contributed by atoms with Crippen molar-refractivity contribution in [2.24, 2.45) is 0 Å². The average Bonchev–Trinajstić information content (AvgIpc) is 3.00.